The summed E-state index contributed by atoms with van der Waals surface area (Å²) in [5, 5.41) is 22.9. The van der Waals surface area contributed by atoms with Crippen LogP contribution in [0.2, 0.25) is 0 Å². The number of aliphatic hydroxyl groups is 1. The second kappa shape index (κ2) is 7.10. The summed E-state index contributed by atoms with van der Waals surface area (Å²) in [5.41, 5.74) is 0.429. The van der Waals surface area contributed by atoms with Crippen LogP contribution in [0.5, 0.6) is 0 Å². The van der Waals surface area contributed by atoms with Crippen molar-refractivity contribution in [3.8, 4) is 0 Å². The Kier molecular flexibility index (Phi) is 5.38. The first-order chi connectivity index (χ1) is 10.8. The number of thiazole rings is 1. The van der Waals surface area contributed by atoms with Crippen LogP contribution in [0.25, 0.3) is 0 Å². The number of carbonyl (C=O) groups is 1. The van der Waals surface area contributed by atoms with E-state index in [1.165, 1.54) is 11.3 Å². The number of aromatic nitrogens is 3. The molecule has 2 unspecified atom stereocenters. The molecule has 0 aliphatic carbocycles. The summed E-state index contributed by atoms with van der Waals surface area (Å²) in [6.45, 7) is 5.66. The van der Waals surface area contributed by atoms with Crippen molar-refractivity contribution in [3.05, 3.63) is 34.0 Å². The van der Waals surface area contributed by atoms with Crippen LogP contribution >= 0.6 is 11.3 Å². The van der Waals surface area contributed by atoms with Crippen molar-refractivity contribution in [2.45, 2.75) is 38.8 Å². The summed E-state index contributed by atoms with van der Waals surface area (Å²) < 4.78 is 1.61. The zero-order valence-electron chi connectivity index (χ0n) is 13.8. The van der Waals surface area contributed by atoms with Gasteiger partial charge in [0, 0.05) is 29.9 Å². The van der Waals surface area contributed by atoms with Crippen LogP contribution in [0.1, 0.15) is 42.6 Å². The Hall–Kier alpha value is -1.93. The van der Waals surface area contributed by atoms with Crippen molar-refractivity contribution in [2.75, 3.05) is 6.54 Å². The van der Waals surface area contributed by atoms with Gasteiger partial charge >= 0.3 is 6.03 Å². The van der Waals surface area contributed by atoms with E-state index in [0.717, 1.165) is 17.1 Å². The van der Waals surface area contributed by atoms with Crippen LogP contribution < -0.4 is 10.6 Å². The van der Waals surface area contributed by atoms with E-state index in [2.05, 4.69) is 20.7 Å². The smallest absolute Gasteiger partial charge is 0.315 e. The fourth-order valence-electron chi connectivity index (χ4n) is 2.13. The maximum atomic E-state index is 12.1. The van der Waals surface area contributed by atoms with Crippen molar-refractivity contribution in [3.63, 3.8) is 0 Å². The molecule has 0 spiro atoms. The van der Waals surface area contributed by atoms with E-state index in [9.17, 15) is 9.90 Å². The molecule has 3 N–H and O–H groups in total. The molecular formula is C15H23N5O2S. The van der Waals surface area contributed by atoms with Gasteiger partial charge in [0.05, 0.1) is 18.8 Å². The predicted octanol–water partition coefficient (Wildman–Crippen LogP) is 1.84. The average molecular weight is 337 g/mol. The van der Waals surface area contributed by atoms with Crippen molar-refractivity contribution in [1.82, 2.24) is 25.4 Å². The summed E-state index contributed by atoms with van der Waals surface area (Å²) in [6.07, 6.45) is 4.07. The Labute approximate surface area is 139 Å². The van der Waals surface area contributed by atoms with E-state index in [4.69, 9.17) is 0 Å². The number of aryl methyl sites for hydroxylation is 2. The zero-order valence-corrected chi connectivity index (χ0v) is 14.6. The molecule has 0 saturated carbocycles. The number of nitrogens with one attached hydrogen (secondary N) is 2. The second-order valence-electron chi connectivity index (χ2n) is 5.79. The lowest BCUT2D eigenvalue weighted by Gasteiger charge is -2.23. The third-order valence-electron chi connectivity index (χ3n) is 3.57. The maximum absolute atomic E-state index is 12.1. The minimum atomic E-state index is -1.18. The molecule has 0 saturated heterocycles. The third kappa shape index (κ3) is 4.52. The molecule has 2 heterocycles. The topological polar surface area (TPSA) is 92.1 Å². The van der Waals surface area contributed by atoms with Crippen LogP contribution in [-0.2, 0) is 12.6 Å². The molecule has 126 valence electrons. The summed E-state index contributed by atoms with van der Waals surface area (Å²) >= 11 is 1.53. The fourth-order valence-corrected chi connectivity index (χ4v) is 3.06. The van der Waals surface area contributed by atoms with Gasteiger partial charge in [0.25, 0.3) is 0 Å². The number of nitrogens with zero attached hydrogens (tertiary/aromatic N) is 3. The number of rotatable bonds is 6. The van der Waals surface area contributed by atoms with E-state index in [-0.39, 0.29) is 18.6 Å². The molecule has 2 aromatic rings. The predicted molar refractivity (Wildman–Crippen MR) is 89.2 cm³/mol. The van der Waals surface area contributed by atoms with Crippen molar-refractivity contribution in [1.29, 1.82) is 0 Å². The highest BCUT2D eigenvalue weighted by atomic mass is 32.1. The first kappa shape index (κ1) is 17.4. The van der Waals surface area contributed by atoms with E-state index in [1.807, 2.05) is 19.2 Å². The van der Waals surface area contributed by atoms with Gasteiger partial charge in [-0.3, -0.25) is 4.68 Å². The Morgan fingerprint density at radius 1 is 1.57 bits per heavy atom. The first-order valence-corrected chi connectivity index (χ1v) is 8.37. The van der Waals surface area contributed by atoms with Gasteiger partial charge in [0.2, 0.25) is 0 Å². The number of hydrogen-bond donors (Lipinski definition) is 3. The van der Waals surface area contributed by atoms with Gasteiger partial charge in [-0.2, -0.15) is 5.10 Å². The Morgan fingerprint density at radius 3 is 2.83 bits per heavy atom. The molecular weight excluding hydrogens is 314 g/mol. The molecule has 2 aromatic heterocycles. The first-order valence-electron chi connectivity index (χ1n) is 7.49. The summed E-state index contributed by atoms with van der Waals surface area (Å²) in [6, 6.07) is -0.453. The van der Waals surface area contributed by atoms with Crippen molar-refractivity contribution in [2.24, 2.45) is 7.05 Å². The molecule has 0 aromatic carbocycles. The molecule has 2 rings (SSSR count). The molecule has 0 aliphatic heterocycles. The van der Waals surface area contributed by atoms with Crippen LogP contribution in [0, 0.1) is 6.92 Å². The van der Waals surface area contributed by atoms with Crippen molar-refractivity contribution >= 4 is 17.4 Å². The van der Waals surface area contributed by atoms with Gasteiger partial charge in [-0.25, -0.2) is 9.78 Å². The summed E-state index contributed by atoms with van der Waals surface area (Å²) in [5.74, 6) is 0. The lowest BCUT2D eigenvalue weighted by atomic mass is 10.00. The quantitative estimate of drug-likeness (QED) is 0.750. The minimum Gasteiger partial charge on any atom is -0.383 e. The van der Waals surface area contributed by atoms with E-state index >= 15 is 0 Å². The SMILES string of the molecule is CCC(NC(=O)NCC(C)(O)c1cnn(C)c1)c1nc(C)cs1. The Morgan fingerprint density at radius 2 is 2.30 bits per heavy atom. The Bertz CT molecular complexity index is 664. The zero-order chi connectivity index (χ0) is 17.0. The van der Waals surface area contributed by atoms with E-state index in [0.29, 0.717) is 5.56 Å². The normalized spacial score (nSPS) is 15.0. The molecule has 8 heteroatoms. The lowest BCUT2D eigenvalue weighted by Crippen LogP contribution is -2.44. The molecule has 0 bridgehead atoms. The number of amides is 2. The van der Waals surface area contributed by atoms with Crippen LogP contribution in [0.15, 0.2) is 17.8 Å². The number of hydrogen-bond acceptors (Lipinski definition) is 5. The summed E-state index contributed by atoms with van der Waals surface area (Å²) in [7, 11) is 1.78. The van der Waals surface area contributed by atoms with Crippen LogP contribution in [0.4, 0.5) is 4.79 Å². The minimum absolute atomic E-state index is 0.0951. The van der Waals surface area contributed by atoms with Gasteiger partial charge in [-0.15, -0.1) is 11.3 Å². The molecule has 7 nitrogen and oxygen atoms in total. The van der Waals surface area contributed by atoms with Crippen LogP contribution in [0.3, 0.4) is 0 Å². The maximum Gasteiger partial charge on any atom is 0.315 e. The van der Waals surface area contributed by atoms with Gasteiger partial charge in [0.1, 0.15) is 10.6 Å². The highest BCUT2D eigenvalue weighted by Crippen LogP contribution is 2.21. The lowest BCUT2D eigenvalue weighted by molar-refractivity contribution is 0.0592. The Balaban J connectivity index is 1.91. The van der Waals surface area contributed by atoms with E-state index < -0.39 is 5.60 Å². The van der Waals surface area contributed by atoms with Gasteiger partial charge in [0.15, 0.2) is 0 Å². The second-order valence-corrected chi connectivity index (χ2v) is 6.68. The highest BCUT2D eigenvalue weighted by molar-refractivity contribution is 7.09. The molecule has 0 radical (unpaired) electrons. The fraction of sp³-hybridized carbons (Fsp3) is 0.533. The molecule has 0 fully saturated rings. The molecule has 2 amide bonds. The average Bonchev–Trinajstić information content (AvgIpc) is 3.12. The van der Waals surface area contributed by atoms with Crippen molar-refractivity contribution < 1.29 is 9.90 Å². The number of carbonyl (C=O) groups excluding carboxylic acids is 1. The van der Waals surface area contributed by atoms with Gasteiger partial charge < -0.3 is 15.7 Å². The molecule has 0 aliphatic rings. The monoisotopic (exact) mass is 337 g/mol. The van der Waals surface area contributed by atoms with Crippen LogP contribution in [-0.4, -0.2) is 32.4 Å². The number of urea groups is 1. The van der Waals surface area contributed by atoms with E-state index in [1.54, 1.807) is 31.0 Å². The van der Waals surface area contributed by atoms with Gasteiger partial charge in [-0.1, -0.05) is 6.92 Å². The standard InChI is InChI=1S/C15H23N5O2S/c1-5-12(13-18-10(2)8-23-13)19-14(21)16-9-15(3,22)11-6-17-20(4)7-11/h6-8,12,22H,5,9H2,1-4H3,(H2,16,19,21). The highest BCUT2D eigenvalue weighted by Gasteiger charge is 2.26. The molecule has 23 heavy (non-hydrogen) atoms. The largest absolute Gasteiger partial charge is 0.383 e. The third-order valence-corrected chi connectivity index (χ3v) is 4.64. The summed E-state index contributed by atoms with van der Waals surface area (Å²) in [4.78, 5) is 16.5. The molecule has 2 atom stereocenters. The van der Waals surface area contributed by atoms with Gasteiger partial charge in [-0.05, 0) is 20.3 Å².